The summed E-state index contributed by atoms with van der Waals surface area (Å²) in [4.78, 5) is 25.1. The van der Waals surface area contributed by atoms with Gasteiger partial charge in [0.2, 0.25) is 0 Å². The molecule has 0 aliphatic rings. The van der Waals surface area contributed by atoms with Crippen molar-refractivity contribution >= 4 is 17.5 Å². The fourth-order valence-electron chi connectivity index (χ4n) is 3.33. The molecule has 2 N–H and O–H groups in total. The molecule has 3 aromatic rings. The minimum absolute atomic E-state index is 0.131. The Labute approximate surface area is 183 Å². The summed E-state index contributed by atoms with van der Waals surface area (Å²) >= 11 is 0. The first kappa shape index (κ1) is 22.1. The van der Waals surface area contributed by atoms with Gasteiger partial charge in [0.1, 0.15) is 5.75 Å². The van der Waals surface area contributed by atoms with Crippen LogP contribution < -0.4 is 15.4 Å². The first-order chi connectivity index (χ1) is 14.9. The van der Waals surface area contributed by atoms with Crippen LogP contribution in [0, 0.1) is 20.8 Å². The van der Waals surface area contributed by atoms with Crippen molar-refractivity contribution < 1.29 is 14.3 Å². The SMILES string of the molecule is Cc1cc(C)c(C)c(OCC(=O)Nc2ccccc2C(=O)NCCc2ccccc2)c1. The van der Waals surface area contributed by atoms with Gasteiger partial charge in [-0.15, -0.1) is 0 Å². The fourth-order valence-corrected chi connectivity index (χ4v) is 3.33. The second-order valence-corrected chi connectivity index (χ2v) is 7.58. The minimum Gasteiger partial charge on any atom is -0.483 e. The van der Waals surface area contributed by atoms with Crippen LogP contribution in [0.3, 0.4) is 0 Å². The lowest BCUT2D eigenvalue weighted by molar-refractivity contribution is -0.118. The molecule has 0 bridgehead atoms. The van der Waals surface area contributed by atoms with E-state index in [0.717, 1.165) is 28.7 Å². The van der Waals surface area contributed by atoms with Gasteiger partial charge < -0.3 is 15.4 Å². The molecule has 0 fully saturated rings. The van der Waals surface area contributed by atoms with E-state index in [-0.39, 0.29) is 18.4 Å². The Morgan fingerprint density at radius 1 is 0.903 bits per heavy atom. The molecule has 5 nitrogen and oxygen atoms in total. The molecule has 0 aliphatic carbocycles. The first-order valence-electron chi connectivity index (χ1n) is 10.4. The minimum atomic E-state index is -0.317. The van der Waals surface area contributed by atoms with Gasteiger partial charge in [0.25, 0.3) is 11.8 Å². The van der Waals surface area contributed by atoms with E-state index in [0.29, 0.717) is 23.5 Å². The molecule has 0 radical (unpaired) electrons. The standard InChI is InChI=1S/C26H28N2O3/c1-18-15-19(2)20(3)24(16-18)31-17-25(29)28-23-12-8-7-11-22(23)26(30)27-14-13-21-9-5-4-6-10-21/h4-12,15-16H,13-14,17H2,1-3H3,(H,27,30)(H,28,29). The van der Waals surface area contributed by atoms with Crippen molar-refractivity contribution in [1.29, 1.82) is 0 Å². The van der Waals surface area contributed by atoms with Crippen molar-refractivity contribution in [3.63, 3.8) is 0 Å². The zero-order valence-corrected chi connectivity index (χ0v) is 18.2. The summed E-state index contributed by atoms with van der Waals surface area (Å²) < 4.78 is 5.73. The molecule has 3 rings (SSSR count). The second-order valence-electron chi connectivity index (χ2n) is 7.58. The molecule has 31 heavy (non-hydrogen) atoms. The lowest BCUT2D eigenvalue weighted by Crippen LogP contribution is -2.28. The van der Waals surface area contributed by atoms with Crippen LogP contribution in [0.25, 0.3) is 0 Å². The number of amides is 2. The van der Waals surface area contributed by atoms with Crippen LogP contribution in [0.5, 0.6) is 5.75 Å². The van der Waals surface area contributed by atoms with Gasteiger partial charge in [-0.1, -0.05) is 48.5 Å². The number of carbonyl (C=O) groups is 2. The largest absolute Gasteiger partial charge is 0.483 e. The summed E-state index contributed by atoms with van der Waals surface area (Å²) in [5.41, 5.74) is 5.25. The van der Waals surface area contributed by atoms with Crippen molar-refractivity contribution in [2.24, 2.45) is 0 Å². The topological polar surface area (TPSA) is 67.4 Å². The van der Waals surface area contributed by atoms with Crippen LogP contribution in [-0.4, -0.2) is 25.0 Å². The molecule has 0 spiro atoms. The maximum atomic E-state index is 12.6. The third kappa shape index (κ3) is 6.19. The highest BCUT2D eigenvalue weighted by Gasteiger charge is 2.14. The summed E-state index contributed by atoms with van der Waals surface area (Å²) in [6.45, 7) is 6.36. The van der Waals surface area contributed by atoms with Crippen LogP contribution in [0.15, 0.2) is 66.7 Å². The van der Waals surface area contributed by atoms with Gasteiger partial charge in [-0.2, -0.15) is 0 Å². The Balaban J connectivity index is 1.58. The predicted octanol–water partition coefficient (Wildman–Crippen LogP) is 4.60. The zero-order chi connectivity index (χ0) is 22.2. The second kappa shape index (κ2) is 10.4. The Bertz CT molecular complexity index is 1060. The van der Waals surface area contributed by atoms with E-state index in [9.17, 15) is 9.59 Å². The zero-order valence-electron chi connectivity index (χ0n) is 18.2. The van der Waals surface area contributed by atoms with Gasteiger partial charge in [0, 0.05) is 6.54 Å². The molecule has 0 heterocycles. The summed E-state index contributed by atoms with van der Waals surface area (Å²) in [7, 11) is 0. The fraction of sp³-hybridized carbons (Fsp3) is 0.231. The van der Waals surface area contributed by atoms with Gasteiger partial charge in [-0.25, -0.2) is 0 Å². The molecular formula is C26H28N2O3. The number of benzene rings is 3. The van der Waals surface area contributed by atoms with Gasteiger partial charge >= 0.3 is 0 Å². The van der Waals surface area contributed by atoms with E-state index in [2.05, 4.69) is 16.7 Å². The Hall–Kier alpha value is -3.60. The van der Waals surface area contributed by atoms with Crippen LogP contribution in [-0.2, 0) is 11.2 Å². The maximum absolute atomic E-state index is 12.6. The quantitative estimate of drug-likeness (QED) is 0.564. The van der Waals surface area contributed by atoms with E-state index >= 15 is 0 Å². The van der Waals surface area contributed by atoms with E-state index < -0.39 is 0 Å². The number of rotatable bonds is 8. The van der Waals surface area contributed by atoms with E-state index in [1.807, 2.05) is 57.2 Å². The van der Waals surface area contributed by atoms with Gasteiger partial charge in [0.15, 0.2) is 6.61 Å². The molecule has 0 atom stereocenters. The molecule has 2 amide bonds. The molecule has 0 saturated carbocycles. The van der Waals surface area contributed by atoms with Crippen LogP contribution >= 0.6 is 0 Å². The van der Waals surface area contributed by atoms with Crippen LogP contribution in [0.2, 0.25) is 0 Å². The molecule has 5 heteroatoms. The molecule has 0 aromatic heterocycles. The van der Waals surface area contributed by atoms with Crippen molar-refractivity contribution in [3.8, 4) is 5.75 Å². The van der Waals surface area contributed by atoms with Crippen molar-refractivity contribution in [1.82, 2.24) is 5.32 Å². The maximum Gasteiger partial charge on any atom is 0.262 e. The normalized spacial score (nSPS) is 10.4. The summed E-state index contributed by atoms with van der Waals surface area (Å²) in [6, 6.07) is 20.9. The van der Waals surface area contributed by atoms with Gasteiger partial charge in [-0.05, 0) is 67.6 Å². The lowest BCUT2D eigenvalue weighted by Gasteiger charge is -2.14. The number of para-hydroxylation sites is 1. The molecule has 0 aliphatic heterocycles. The number of ether oxygens (including phenoxy) is 1. The molecule has 0 unspecified atom stereocenters. The summed E-state index contributed by atoms with van der Waals surface area (Å²) in [5, 5.41) is 5.71. The highest BCUT2D eigenvalue weighted by molar-refractivity contribution is 6.04. The number of anilines is 1. The van der Waals surface area contributed by atoms with Crippen LogP contribution in [0.1, 0.15) is 32.6 Å². The Kier molecular flexibility index (Phi) is 7.44. The van der Waals surface area contributed by atoms with Gasteiger partial charge in [-0.3, -0.25) is 9.59 Å². The molecule has 0 saturated heterocycles. The number of carbonyl (C=O) groups excluding carboxylic acids is 2. The van der Waals surface area contributed by atoms with E-state index in [1.165, 1.54) is 0 Å². The van der Waals surface area contributed by atoms with Crippen molar-refractivity contribution in [2.45, 2.75) is 27.2 Å². The van der Waals surface area contributed by atoms with E-state index in [4.69, 9.17) is 4.74 Å². The van der Waals surface area contributed by atoms with Crippen LogP contribution in [0.4, 0.5) is 5.69 Å². The Morgan fingerprint density at radius 3 is 2.39 bits per heavy atom. The Morgan fingerprint density at radius 2 is 1.61 bits per heavy atom. The van der Waals surface area contributed by atoms with Gasteiger partial charge in [0.05, 0.1) is 11.3 Å². The van der Waals surface area contributed by atoms with Crippen molar-refractivity contribution in [2.75, 3.05) is 18.5 Å². The van der Waals surface area contributed by atoms with Crippen molar-refractivity contribution in [3.05, 3.63) is 94.5 Å². The first-order valence-corrected chi connectivity index (χ1v) is 10.4. The molecule has 160 valence electrons. The predicted molar refractivity (Wildman–Crippen MR) is 124 cm³/mol. The molecular weight excluding hydrogens is 388 g/mol. The average molecular weight is 417 g/mol. The number of aryl methyl sites for hydroxylation is 2. The molecule has 3 aromatic carbocycles. The third-order valence-electron chi connectivity index (χ3n) is 5.11. The summed E-state index contributed by atoms with van der Waals surface area (Å²) in [5.74, 6) is 0.153. The highest BCUT2D eigenvalue weighted by atomic mass is 16.5. The monoisotopic (exact) mass is 416 g/mol. The number of hydrogen-bond acceptors (Lipinski definition) is 3. The van der Waals surface area contributed by atoms with E-state index in [1.54, 1.807) is 24.3 Å². The number of nitrogens with one attached hydrogen (secondary N) is 2. The number of hydrogen-bond donors (Lipinski definition) is 2. The highest BCUT2D eigenvalue weighted by Crippen LogP contribution is 2.23. The third-order valence-corrected chi connectivity index (χ3v) is 5.11. The summed E-state index contributed by atoms with van der Waals surface area (Å²) in [6.07, 6.45) is 0.740. The lowest BCUT2D eigenvalue weighted by atomic mass is 10.1. The smallest absolute Gasteiger partial charge is 0.262 e. The average Bonchev–Trinajstić information content (AvgIpc) is 2.76.